The van der Waals surface area contributed by atoms with Gasteiger partial charge in [0, 0.05) is 36.3 Å². The fraction of sp³-hybridized carbons (Fsp3) is 0.256. The summed E-state index contributed by atoms with van der Waals surface area (Å²) in [7, 11) is 0. The molecule has 1 heterocycles. The topological polar surface area (TPSA) is 114 Å². The van der Waals surface area contributed by atoms with Crippen LogP contribution in [0.2, 0.25) is 0 Å². The Morgan fingerprint density at radius 3 is 2.46 bits per heavy atom. The predicted molar refractivity (Wildman–Crippen MR) is 184 cm³/mol. The Balaban J connectivity index is 1.35. The van der Waals surface area contributed by atoms with Crippen LogP contribution in [0.1, 0.15) is 43.9 Å². The second-order valence-corrected chi connectivity index (χ2v) is 12.3. The minimum atomic E-state index is -1.15. The van der Waals surface area contributed by atoms with Gasteiger partial charge in [0.05, 0.1) is 0 Å². The minimum Gasteiger partial charge on any atom is -0.481 e. The number of hydrogen-bond acceptors (Lipinski definition) is 7. The number of carboxylic acids is 1. The van der Waals surface area contributed by atoms with Crippen molar-refractivity contribution in [3.05, 3.63) is 120 Å². The molecular formula is C39H39N3O6. The van der Waals surface area contributed by atoms with Gasteiger partial charge in [-0.25, -0.2) is 14.6 Å². The van der Waals surface area contributed by atoms with Gasteiger partial charge < -0.3 is 24.3 Å². The zero-order valence-corrected chi connectivity index (χ0v) is 27.3. The van der Waals surface area contributed by atoms with Crippen molar-refractivity contribution in [3.8, 4) is 29.0 Å². The molecule has 0 bridgehead atoms. The Bertz CT molecular complexity index is 1870. The standard InChI is InChI=1S/C39H39N3O6/c1-39(2,3)48-38(45)41-33(37(43)44)22-23-42(26-29-15-11-18-30(25-29)36-40-32-19-8-10-21-35(32)47-36)27-31-17-7-9-20-34(31)46-24-12-16-28-13-5-4-6-14-28/h4-11,13-15,17-21,25,33H,22-24,26-27H2,1-3H3,(H,41,45)(H,43,44)/t33-/m0/s1. The van der Waals surface area contributed by atoms with Gasteiger partial charge in [-0.1, -0.05) is 72.5 Å². The summed E-state index contributed by atoms with van der Waals surface area (Å²) in [6.07, 6.45) is -0.631. The molecule has 0 fully saturated rings. The van der Waals surface area contributed by atoms with Crippen LogP contribution in [-0.2, 0) is 22.6 Å². The first-order valence-corrected chi connectivity index (χ1v) is 15.8. The summed E-state index contributed by atoms with van der Waals surface area (Å²) in [5, 5.41) is 12.5. The van der Waals surface area contributed by atoms with Crippen molar-refractivity contribution in [2.75, 3.05) is 13.2 Å². The maximum atomic E-state index is 12.4. The molecule has 0 radical (unpaired) electrons. The van der Waals surface area contributed by atoms with Gasteiger partial charge in [-0.3, -0.25) is 4.90 Å². The second kappa shape index (κ2) is 15.8. The lowest BCUT2D eigenvalue weighted by molar-refractivity contribution is -0.139. The molecular weight excluding hydrogens is 606 g/mol. The summed E-state index contributed by atoms with van der Waals surface area (Å²) in [6, 6.07) is 31.8. The summed E-state index contributed by atoms with van der Waals surface area (Å²) < 4.78 is 17.4. The van der Waals surface area contributed by atoms with Gasteiger partial charge in [-0.05, 0) is 75.2 Å². The lowest BCUT2D eigenvalue weighted by Crippen LogP contribution is -2.45. The highest BCUT2D eigenvalue weighted by atomic mass is 16.6. The Morgan fingerprint density at radius 2 is 1.69 bits per heavy atom. The molecule has 1 atom stereocenters. The zero-order chi connectivity index (χ0) is 33.9. The van der Waals surface area contributed by atoms with Gasteiger partial charge >= 0.3 is 12.1 Å². The maximum Gasteiger partial charge on any atom is 0.408 e. The molecule has 5 rings (SSSR count). The molecule has 9 nitrogen and oxygen atoms in total. The van der Waals surface area contributed by atoms with E-state index in [2.05, 4.69) is 27.0 Å². The third-order valence-electron chi connectivity index (χ3n) is 7.27. The molecule has 4 aromatic carbocycles. The summed E-state index contributed by atoms with van der Waals surface area (Å²) in [4.78, 5) is 31.4. The summed E-state index contributed by atoms with van der Waals surface area (Å²) in [5.41, 5.74) is 4.38. The number of nitrogens with zero attached hydrogens (tertiary/aromatic N) is 2. The lowest BCUT2D eigenvalue weighted by Gasteiger charge is -2.26. The number of carboxylic acid groups (broad SMARTS) is 1. The number of fused-ring (bicyclic) bond motifs is 1. The molecule has 0 aliphatic heterocycles. The molecule has 246 valence electrons. The van der Waals surface area contributed by atoms with E-state index in [4.69, 9.17) is 13.9 Å². The first-order valence-electron chi connectivity index (χ1n) is 15.8. The predicted octanol–water partition coefficient (Wildman–Crippen LogP) is 7.30. The zero-order valence-electron chi connectivity index (χ0n) is 27.3. The third-order valence-corrected chi connectivity index (χ3v) is 7.27. The molecule has 1 amide bonds. The van der Waals surface area contributed by atoms with Gasteiger partial charge in [0.1, 0.15) is 29.5 Å². The molecule has 5 aromatic rings. The van der Waals surface area contributed by atoms with E-state index in [-0.39, 0.29) is 13.0 Å². The fourth-order valence-corrected chi connectivity index (χ4v) is 5.08. The monoisotopic (exact) mass is 645 g/mol. The van der Waals surface area contributed by atoms with Gasteiger partial charge in [0.2, 0.25) is 5.89 Å². The Kier molecular flexibility index (Phi) is 11.1. The van der Waals surface area contributed by atoms with Crippen LogP contribution in [-0.4, -0.2) is 51.8 Å². The molecule has 0 aliphatic carbocycles. The van der Waals surface area contributed by atoms with Gasteiger partial charge in [0.25, 0.3) is 0 Å². The van der Waals surface area contributed by atoms with Crippen molar-refractivity contribution < 1.29 is 28.6 Å². The number of hydrogen-bond donors (Lipinski definition) is 2. The highest BCUT2D eigenvalue weighted by Crippen LogP contribution is 2.26. The minimum absolute atomic E-state index is 0.144. The van der Waals surface area contributed by atoms with Crippen molar-refractivity contribution in [3.63, 3.8) is 0 Å². The average molecular weight is 646 g/mol. The lowest BCUT2D eigenvalue weighted by atomic mass is 10.1. The Labute approximate surface area is 280 Å². The highest BCUT2D eigenvalue weighted by molar-refractivity contribution is 5.80. The number of aliphatic carboxylic acids is 1. The van der Waals surface area contributed by atoms with E-state index in [1.54, 1.807) is 20.8 Å². The molecule has 9 heteroatoms. The molecule has 0 unspecified atom stereocenters. The molecule has 48 heavy (non-hydrogen) atoms. The van der Waals surface area contributed by atoms with E-state index in [1.165, 1.54) is 0 Å². The van der Waals surface area contributed by atoms with Crippen LogP contribution < -0.4 is 10.1 Å². The van der Waals surface area contributed by atoms with Crippen molar-refractivity contribution >= 4 is 23.2 Å². The smallest absolute Gasteiger partial charge is 0.408 e. The van der Waals surface area contributed by atoms with Gasteiger partial charge in [0.15, 0.2) is 5.58 Å². The summed E-state index contributed by atoms with van der Waals surface area (Å²) >= 11 is 0. The van der Waals surface area contributed by atoms with E-state index < -0.39 is 23.7 Å². The molecule has 0 spiro atoms. The number of amides is 1. The number of carbonyl (C=O) groups excluding carboxylic acids is 1. The van der Waals surface area contributed by atoms with Crippen molar-refractivity contribution in [1.82, 2.24) is 15.2 Å². The maximum absolute atomic E-state index is 12.4. The average Bonchev–Trinajstić information content (AvgIpc) is 3.50. The number of rotatable bonds is 12. The first kappa shape index (κ1) is 33.8. The van der Waals surface area contributed by atoms with Crippen molar-refractivity contribution in [2.45, 2.75) is 51.9 Å². The van der Waals surface area contributed by atoms with E-state index in [1.807, 2.05) is 103 Å². The first-order chi connectivity index (χ1) is 23.1. The van der Waals surface area contributed by atoms with Crippen LogP contribution >= 0.6 is 0 Å². The number of para-hydroxylation sites is 3. The van der Waals surface area contributed by atoms with E-state index in [0.717, 1.165) is 27.8 Å². The number of carbonyl (C=O) groups is 2. The molecule has 1 aromatic heterocycles. The van der Waals surface area contributed by atoms with E-state index in [9.17, 15) is 14.7 Å². The second-order valence-electron chi connectivity index (χ2n) is 12.3. The van der Waals surface area contributed by atoms with Gasteiger partial charge in [-0.2, -0.15) is 0 Å². The third kappa shape index (κ3) is 9.95. The summed E-state index contributed by atoms with van der Waals surface area (Å²) in [5.74, 6) is 6.25. The molecule has 0 aliphatic rings. The van der Waals surface area contributed by atoms with Crippen molar-refractivity contribution in [2.24, 2.45) is 0 Å². The van der Waals surface area contributed by atoms with Crippen LogP contribution in [0.25, 0.3) is 22.6 Å². The number of ether oxygens (including phenoxy) is 2. The van der Waals surface area contributed by atoms with Gasteiger partial charge in [-0.15, -0.1) is 0 Å². The Morgan fingerprint density at radius 1 is 0.938 bits per heavy atom. The summed E-state index contributed by atoms with van der Waals surface area (Å²) in [6.45, 7) is 6.67. The van der Waals surface area contributed by atoms with E-state index in [0.29, 0.717) is 36.9 Å². The number of oxazole rings is 1. The van der Waals surface area contributed by atoms with Crippen LogP contribution in [0.4, 0.5) is 4.79 Å². The fourth-order valence-electron chi connectivity index (χ4n) is 5.08. The van der Waals surface area contributed by atoms with Crippen LogP contribution in [0.5, 0.6) is 5.75 Å². The van der Waals surface area contributed by atoms with Crippen LogP contribution in [0.3, 0.4) is 0 Å². The highest BCUT2D eigenvalue weighted by Gasteiger charge is 2.25. The van der Waals surface area contributed by atoms with E-state index >= 15 is 0 Å². The molecule has 0 saturated heterocycles. The Hall–Kier alpha value is -5.59. The SMILES string of the molecule is CC(C)(C)OC(=O)N[C@@H](CCN(Cc1cccc(-c2nc3ccccc3o2)c1)Cc1ccccc1OCC#Cc1ccccc1)C(=O)O. The normalized spacial score (nSPS) is 11.8. The molecule has 0 saturated carbocycles. The quantitative estimate of drug-likeness (QED) is 0.136. The van der Waals surface area contributed by atoms with Crippen LogP contribution in [0.15, 0.2) is 108 Å². The van der Waals surface area contributed by atoms with Crippen molar-refractivity contribution in [1.29, 1.82) is 0 Å². The van der Waals surface area contributed by atoms with Crippen LogP contribution in [0, 0.1) is 11.8 Å². The largest absolute Gasteiger partial charge is 0.481 e. The number of alkyl carbamates (subject to hydrolysis) is 1. The number of benzene rings is 4. The number of aromatic nitrogens is 1. The number of nitrogens with one attached hydrogen (secondary N) is 1. The molecule has 2 N–H and O–H groups in total.